The standard InChI is InChI=1S/C17H25BrN2O2/c1-4-7-22-16-14(18)8-13(9-15(16)21-3)10-20-6-5-17(2,11-19)12-20/h4,8-9H,1,5-7,10-12,19H2,2-3H3. The van der Waals surface area contributed by atoms with Crippen molar-refractivity contribution in [1.29, 1.82) is 0 Å². The second-order valence-electron chi connectivity index (χ2n) is 6.18. The van der Waals surface area contributed by atoms with E-state index >= 15 is 0 Å². The molecule has 0 bridgehead atoms. The normalized spacial score (nSPS) is 21.8. The Balaban J connectivity index is 2.12. The van der Waals surface area contributed by atoms with Gasteiger partial charge in [0.15, 0.2) is 11.5 Å². The minimum Gasteiger partial charge on any atom is -0.493 e. The van der Waals surface area contributed by atoms with Crippen LogP contribution in [0.4, 0.5) is 0 Å². The van der Waals surface area contributed by atoms with Crippen LogP contribution in [0, 0.1) is 5.41 Å². The molecule has 1 aromatic rings. The highest BCUT2D eigenvalue weighted by Gasteiger charge is 2.32. The van der Waals surface area contributed by atoms with Crippen molar-refractivity contribution in [3.8, 4) is 11.5 Å². The lowest BCUT2D eigenvalue weighted by Gasteiger charge is -2.23. The predicted molar refractivity (Wildman–Crippen MR) is 93.4 cm³/mol. The van der Waals surface area contributed by atoms with Gasteiger partial charge in [0.05, 0.1) is 11.6 Å². The van der Waals surface area contributed by atoms with E-state index in [0.29, 0.717) is 6.61 Å². The minimum absolute atomic E-state index is 0.244. The molecular weight excluding hydrogens is 344 g/mol. The molecule has 1 aromatic carbocycles. The van der Waals surface area contributed by atoms with E-state index in [4.69, 9.17) is 15.2 Å². The number of nitrogens with zero attached hydrogens (tertiary/aromatic N) is 1. The number of rotatable bonds is 7. The molecular formula is C17H25BrN2O2. The molecule has 122 valence electrons. The zero-order valence-electron chi connectivity index (χ0n) is 13.4. The van der Waals surface area contributed by atoms with Crippen LogP contribution in [0.5, 0.6) is 11.5 Å². The minimum atomic E-state index is 0.244. The monoisotopic (exact) mass is 368 g/mol. The van der Waals surface area contributed by atoms with Gasteiger partial charge in [-0.25, -0.2) is 0 Å². The van der Waals surface area contributed by atoms with Crippen molar-refractivity contribution in [2.45, 2.75) is 19.9 Å². The summed E-state index contributed by atoms with van der Waals surface area (Å²) in [6.07, 6.45) is 2.88. The van der Waals surface area contributed by atoms with Crippen LogP contribution in [-0.4, -0.2) is 38.3 Å². The van der Waals surface area contributed by atoms with Crippen molar-refractivity contribution in [3.63, 3.8) is 0 Å². The third-order valence-electron chi connectivity index (χ3n) is 4.17. The first-order valence-electron chi connectivity index (χ1n) is 7.54. The Bertz CT molecular complexity index is 536. The summed E-state index contributed by atoms with van der Waals surface area (Å²) < 4.78 is 12.0. The molecule has 1 fully saturated rings. The number of hydrogen-bond acceptors (Lipinski definition) is 4. The van der Waals surface area contributed by atoms with E-state index < -0.39 is 0 Å². The van der Waals surface area contributed by atoms with Gasteiger partial charge in [0.25, 0.3) is 0 Å². The van der Waals surface area contributed by atoms with Gasteiger partial charge in [-0.3, -0.25) is 4.90 Å². The molecule has 0 saturated carbocycles. The van der Waals surface area contributed by atoms with Crippen LogP contribution in [0.15, 0.2) is 29.3 Å². The molecule has 1 aliphatic rings. The number of methoxy groups -OCH3 is 1. The van der Waals surface area contributed by atoms with Gasteiger partial charge < -0.3 is 15.2 Å². The summed E-state index contributed by atoms with van der Waals surface area (Å²) >= 11 is 3.58. The second-order valence-corrected chi connectivity index (χ2v) is 7.04. The predicted octanol–water partition coefficient (Wildman–Crippen LogP) is 3.19. The quantitative estimate of drug-likeness (QED) is 0.750. The maximum absolute atomic E-state index is 5.88. The van der Waals surface area contributed by atoms with E-state index in [-0.39, 0.29) is 5.41 Å². The Morgan fingerprint density at radius 1 is 1.50 bits per heavy atom. The number of likely N-dealkylation sites (tertiary alicyclic amines) is 1. The molecule has 2 N–H and O–H groups in total. The molecule has 0 radical (unpaired) electrons. The lowest BCUT2D eigenvalue weighted by Crippen LogP contribution is -2.31. The molecule has 5 heteroatoms. The Morgan fingerprint density at radius 2 is 2.27 bits per heavy atom. The highest BCUT2D eigenvalue weighted by atomic mass is 79.9. The van der Waals surface area contributed by atoms with Crippen molar-refractivity contribution in [1.82, 2.24) is 4.90 Å². The van der Waals surface area contributed by atoms with Gasteiger partial charge in [-0.1, -0.05) is 19.6 Å². The van der Waals surface area contributed by atoms with Gasteiger partial charge in [0.2, 0.25) is 0 Å². The van der Waals surface area contributed by atoms with Gasteiger partial charge in [-0.05, 0) is 58.6 Å². The third-order valence-corrected chi connectivity index (χ3v) is 4.76. The highest BCUT2D eigenvalue weighted by molar-refractivity contribution is 9.10. The summed E-state index contributed by atoms with van der Waals surface area (Å²) in [7, 11) is 1.66. The first kappa shape index (κ1) is 17.3. The summed E-state index contributed by atoms with van der Waals surface area (Å²) in [5.74, 6) is 1.46. The third kappa shape index (κ3) is 4.03. The van der Waals surface area contributed by atoms with Crippen LogP contribution in [0.25, 0.3) is 0 Å². The lowest BCUT2D eigenvalue weighted by molar-refractivity contribution is 0.273. The number of nitrogens with two attached hydrogens (primary N) is 1. The molecule has 1 unspecified atom stereocenters. The van der Waals surface area contributed by atoms with Crippen LogP contribution in [0.1, 0.15) is 18.9 Å². The molecule has 0 spiro atoms. The lowest BCUT2D eigenvalue weighted by atomic mass is 9.90. The Kier molecular flexibility index (Phi) is 5.89. The molecule has 1 saturated heterocycles. The summed E-state index contributed by atoms with van der Waals surface area (Å²) in [5.41, 5.74) is 7.33. The van der Waals surface area contributed by atoms with Gasteiger partial charge in [0.1, 0.15) is 6.61 Å². The molecule has 2 rings (SSSR count). The summed E-state index contributed by atoms with van der Waals surface area (Å²) in [4.78, 5) is 2.44. The van der Waals surface area contributed by atoms with Gasteiger partial charge in [0, 0.05) is 13.1 Å². The fourth-order valence-electron chi connectivity index (χ4n) is 2.83. The first-order chi connectivity index (χ1) is 10.5. The summed E-state index contributed by atoms with van der Waals surface area (Å²) in [5, 5.41) is 0. The number of hydrogen-bond donors (Lipinski definition) is 1. The molecule has 0 aromatic heterocycles. The SMILES string of the molecule is C=CCOc1c(Br)cc(CN2CCC(C)(CN)C2)cc1OC. The van der Waals surface area contributed by atoms with E-state index in [1.165, 1.54) is 5.56 Å². The number of ether oxygens (including phenoxy) is 2. The number of benzene rings is 1. The van der Waals surface area contributed by atoms with Crippen LogP contribution in [-0.2, 0) is 6.54 Å². The topological polar surface area (TPSA) is 47.7 Å². The Labute approximate surface area is 141 Å². The van der Waals surface area contributed by atoms with E-state index in [0.717, 1.165) is 48.6 Å². The Hall–Kier alpha value is -1.04. The smallest absolute Gasteiger partial charge is 0.175 e. The van der Waals surface area contributed by atoms with E-state index in [2.05, 4.69) is 40.4 Å². The van der Waals surface area contributed by atoms with E-state index in [9.17, 15) is 0 Å². The zero-order valence-corrected chi connectivity index (χ0v) is 15.0. The second kappa shape index (κ2) is 7.49. The van der Waals surface area contributed by atoms with Gasteiger partial charge in [-0.15, -0.1) is 0 Å². The molecule has 0 aliphatic carbocycles. The van der Waals surface area contributed by atoms with Crippen molar-refractivity contribution in [3.05, 3.63) is 34.8 Å². The molecule has 1 atom stereocenters. The highest BCUT2D eigenvalue weighted by Crippen LogP contribution is 2.38. The largest absolute Gasteiger partial charge is 0.493 e. The summed E-state index contributed by atoms with van der Waals surface area (Å²) in [6, 6.07) is 4.14. The van der Waals surface area contributed by atoms with Crippen LogP contribution in [0.3, 0.4) is 0 Å². The molecule has 1 aliphatic heterocycles. The van der Waals surface area contributed by atoms with Crippen LogP contribution in [0.2, 0.25) is 0 Å². The van der Waals surface area contributed by atoms with Crippen molar-refractivity contribution in [2.24, 2.45) is 11.1 Å². The van der Waals surface area contributed by atoms with Crippen LogP contribution >= 0.6 is 15.9 Å². The summed E-state index contributed by atoms with van der Waals surface area (Å²) in [6.45, 7) is 10.1. The van der Waals surface area contributed by atoms with Crippen LogP contribution < -0.4 is 15.2 Å². The van der Waals surface area contributed by atoms with Gasteiger partial charge in [-0.2, -0.15) is 0 Å². The average molecular weight is 369 g/mol. The fourth-order valence-corrected chi connectivity index (χ4v) is 3.44. The van der Waals surface area contributed by atoms with E-state index in [1.807, 2.05) is 6.07 Å². The number of halogens is 1. The molecule has 0 amide bonds. The van der Waals surface area contributed by atoms with Crippen molar-refractivity contribution >= 4 is 15.9 Å². The first-order valence-corrected chi connectivity index (χ1v) is 8.33. The van der Waals surface area contributed by atoms with Crippen molar-refractivity contribution in [2.75, 3.05) is 33.4 Å². The van der Waals surface area contributed by atoms with E-state index in [1.54, 1.807) is 13.2 Å². The maximum atomic E-state index is 5.88. The Morgan fingerprint density at radius 3 is 2.86 bits per heavy atom. The molecule has 4 nitrogen and oxygen atoms in total. The van der Waals surface area contributed by atoms with Crippen molar-refractivity contribution < 1.29 is 9.47 Å². The van der Waals surface area contributed by atoms with Gasteiger partial charge >= 0.3 is 0 Å². The molecule has 1 heterocycles. The zero-order chi connectivity index (χ0) is 16.2. The average Bonchev–Trinajstić information content (AvgIpc) is 2.87. The molecule has 22 heavy (non-hydrogen) atoms. The fraction of sp³-hybridized carbons (Fsp3) is 0.529. The maximum Gasteiger partial charge on any atom is 0.175 e.